The van der Waals surface area contributed by atoms with Crippen molar-refractivity contribution in [2.75, 3.05) is 17.7 Å². The number of phenolic OH excluding ortho intramolecular Hbond substituents is 1. The van der Waals surface area contributed by atoms with Crippen LogP contribution in [0.3, 0.4) is 0 Å². The molecule has 0 heterocycles. The van der Waals surface area contributed by atoms with Gasteiger partial charge in [0.2, 0.25) is 0 Å². The third kappa shape index (κ3) is 13.6. The van der Waals surface area contributed by atoms with E-state index in [1.807, 2.05) is 37.3 Å². The lowest BCUT2D eigenvalue weighted by atomic mass is 10.1. The van der Waals surface area contributed by atoms with Crippen LogP contribution in [0.25, 0.3) is 10.8 Å². The molecule has 0 saturated heterocycles. The van der Waals surface area contributed by atoms with Crippen molar-refractivity contribution in [1.29, 1.82) is 0 Å². The third-order valence-electron chi connectivity index (χ3n) is 10.6. The summed E-state index contributed by atoms with van der Waals surface area (Å²) >= 11 is 0. The van der Waals surface area contributed by atoms with Gasteiger partial charge in [0.05, 0.1) is 46.5 Å². The van der Waals surface area contributed by atoms with E-state index in [4.69, 9.17) is 9.29 Å². The van der Waals surface area contributed by atoms with Crippen molar-refractivity contribution >= 4 is 98.0 Å². The molecule has 7 aromatic carbocycles. The van der Waals surface area contributed by atoms with Gasteiger partial charge in [-0.2, -0.15) is 55.9 Å². The molecule has 0 amide bonds. The van der Waals surface area contributed by atoms with Crippen LogP contribution in [0.4, 0.5) is 56.9 Å². The van der Waals surface area contributed by atoms with E-state index in [1.165, 1.54) is 18.2 Å². The molecule has 0 aliphatic carbocycles. The normalized spacial score (nSPS) is 12.5. The minimum Gasteiger partial charge on any atom is -0.505 e. The van der Waals surface area contributed by atoms with Crippen LogP contribution in [0.15, 0.2) is 172 Å². The second-order valence-electron chi connectivity index (χ2n) is 16.1. The van der Waals surface area contributed by atoms with Crippen LogP contribution < -0.4 is 10.1 Å². The van der Waals surface area contributed by atoms with E-state index < -0.39 is 57.3 Å². The quantitative estimate of drug-likeness (QED) is 0.0304. The molecule has 0 bridgehead atoms. The van der Waals surface area contributed by atoms with Crippen molar-refractivity contribution in [1.82, 2.24) is 0 Å². The van der Waals surface area contributed by atoms with E-state index in [1.54, 1.807) is 87.5 Å². The van der Waals surface area contributed by atoms with Gasteiger partial charge in [-0.05, 0) is 165 Å². The largest absolute Gasteiger partial charge is 0.505 e. The van der Waals surface area contributed by atoms with Gasteiger partial charge in [-0.15, -0.1) is 10.2 Å². The number of nitrogens with one attached hydrogen (secondary N) is 1. The minimum absolute atomic E-state index is 0.0325. The van der Waals surface area contributed by atoms with Crippen LogP contribution in [0.2, 0.25) is 0 Å². The number of rotatable bonds is 18. The number of aromatic hydroxyl groups is 1. The first-order valence-corrected chi connectivity index (χ1v) is 25.9. The number of hydrogen-bond donors (Lipinski definition) is 5. The molecule has 7 aromatic rings. The van der Waals surface area contributed by atoms with Crippen LogP contribution in [0.5, 0.6) is 11.5 Å². The molecule has 20 nitrogen and oxygen atoms in total. The molecule has 71 heavy (non-hydrogen) atoms. The molecule has 0 saturated carbocycles. The molecule has 7 rings (SSSR count). The lowest BCUT2D eigenvalue weighted by Gasteiger charge is -2.12. The highest BCUT2D eigenvalue weighted by molar-refractivity contribution is 7.86. The zero-order valence-electron chi connectivity index (χ0n) is 38.3. The number of benzene rings is 7. The Morgan fingerprint density at radius 3 is 1.61 bits per heavy atom. The molecule has 0 aromatic heterocycles. The summed E-state index contributed by atoms with van der Waals surface area (Å²) in [5.41, 5.74) is 6.42. The Kier molecular flexibility index (Phi) is 15.5. The summed E-state index contributed by atoms with van der Waals surface area (Å²) < 4.78 is 105. The van der Waals surface area contributed by atoms with E-state index in [-0.39, 0.29) is 30.9 Å². The summed E-state index contributed by atoms with van der Waals surface area (Å²) in [5.74, 6) is -0.814. The zero-order chi connectivity index (χ0) is 51.1. The molecule has 0 fully saturated rings. The Bertz CT molecular complexity index is 3650. The first-order valence-electron chi connectivity index (χ1n) is 21.4. The standard InChI is InChI=1S/C48H45N9O11S3/c1-29-22-37(13-17-40(29)52-50-36-14-18-41(30(2)23-36)53-54-42-19-15-38(28-45(42)70(62,63)64)68-20-8-9-21-69(59,60)61)51-55-43-24-32(4)44(25-31(43)3)56-57-47-46(71(65,66)67)27-33-26-35(12-16-39(33)48(47)58)49-34-10-6-5-7-11-34/h5-7,10-19,22-28,49,58H,8-9,20-21H2,1-4H3,(H,59,60,61)(H,62,63,64)(H,65,66,67). The third-order valence-corrected chi connectivity index (χ3v) is 13.2. The first-order chi connectivity index (χ1) is 33.6. The van der Waals surface area contributed by atoms with Gasteiger partial charge in [0, 0.05) is 22.8 Å². The first kappa shape index (κ1) is 51.2. The van der Waals surface area contributed by atoms with Crippen LogP contribution in [0, 0.1) is 27.7 Å². The fourth-order valence-electron chi connectivity index (χ4n) is 6.92. The van der Waals surface area contributed by atoms with Gasteiger partial charge < -0.3 is 15.2 Å². The minimum atomic E-state index is -4.84. The maximum atomic E-state index is 12.5. The van der Waals surface area contributed by atoms with E-state index in [9.17, 15) is 39.5 Å². The number of aryl methyl sites for hydroxylation is 4. The van der Waals surface area contributed by atoms with E-state index >= 15 is 0 Å². The topological polar surface area (TPSA) is 303 Å². The van der Waals surface area contributed by atoms with Gasteiger partial charge in [0.25, 0.3) is 30.4 Å². The van der Waals surface area contributed by atoms with Crippen LogP contribution in [0.1, 0.15) is 35.1 Å². The van der Waals surface area contributed by atoms with Gasteiger partial charge in [0.15, 0.2) is 5.75 Å². The number of para-hydroxylation sites is 1. The Morgan fingerprint density at radius 1 is 0.493 bits per heavy atom. The number of ether oxygens (including phenoxy) is 1. The highest BCUT2D eigenvalue weighted by Crippen LogP contribution is 2.43. The number of anilines is 2. The molecule has 23 heteroatoms. The van der Waals surface area contributed by atoms with Gasteiger partial charge >= 0.3 is 0 Å². The van der Waals surface area contributed by atoms with Crippen LogP contribution >= 0.6 is 0 Å². The van der Waals surface area contributed by atoms with E-state index in [0.29, 0.717) is 67.3 Å². The fourth-order valence-corrected chi connectivity index (χ4v) is 8.79. The van der Waals surface area contributed by atoms with Crippen LogP contribution in [-0.2, 0) is 30.4 Å². The Hall–Kier alpha value is -7.67. The molecular formula is C48H45N9O11S3. The van der Waals surface area contributed by atoms with Crippen LogP contribution in [-0.4, -0.2) is 56.4 Å². The Morgan fingerprint density at radius 2 is 1.03 bits per heavy atom. The second kappa shape index (κ2) is 21.5. The number of phenols is 1. The molecule has 0 spiro atoms. The van der Waals surface area contributed by atoms with Crippen molar-refractivity contribution in [2.45, 2.75) is 50.3 Å². The van der Waals surface area contributed by atoms with E-state index in [0.717, 1.165) is 17.3 Å². The lowest BCUT2D eigenvalue weighted by molar-refractivity contribution is 0.308. The average Bonchev–Trinajstić information content (AvgIpc) is 3.30. The van der Waals surface area contributed by atoms with Crippen molar-refractivity contribution in [2.24, 2.45) is 40.9 Å². The number of fused-ring (bicyclic) bond motifs is 1. The molecule has 5 N–H and O–H groups in total. The summed E-state index contributed by atoms with van der Waals surface area (Å²) in [6.07, 6.45) is 0.396. The second-order valence-corrected chi connectivity index (χ2v) is 20.4. The number of azo groups is 4. The molecule has 0 aliphatic rings. The number of nitrogens with zero attached hydrogens (tertiary/aromatic N) is 8. The molecule has 0 unspecified atom stereocenters. The maximum Gasteiger partial charge on any atom is 0.296 e. The van der Waals surface area contributed by atoms with Gasteiger partial charge in [-0.1, -0.05) is 18.2 Å². The van der Waals surface area contributed by atoms with Gasteiger partial charge in [-0.3, -0.25) is 13.7 Å². The smallest absolute Gasteiger partial charge is 0.296 e. The molecule has 366 valence electrons. The highest BCUT2D eigenvalue weighted by Gasteiger charge is 2.23. The summed E-state index contributed by atoms with van der Waals surface area (Å²) in [6, 6.07) is 33.0. The molecular weight excluding hydrogens is 975 g/mol. The predicted octanol–water partition coefficient (Wildman–Crippen LogP) is 13.7. The SMILES string of the molecule is Cc1cc(N=Nc2cc(C)c(N=Nc3c(S(=O)(=O)O)cc4cc(Nc5ccccc5)ccc4c3O)cc2C)ccc1N=Nc1ccc(N=Nc2ccc(OCCCCS(=O)(=O)O)cc2S(=O)(=O)O)c(C)c1. The van der Waals surface area contributed by atoms with Crippen molar-refractivity contribution in [3.8, 4) is 11.5 Å². The summed E-state index contributed by atoms with van der Waals surface area (Å²) in [6.45, 7) is 7.17. The molecule has 0 atom stereocenters. The Labute approximate surface area is 408 Å². The average molecular weight is 1020 g/mol. The van der Waals surface area contributed by atoms with Gasteiger partial charge in [-0.25, -0.2) is 0 Å². The number of unbranched alkanes of at least 4 members (excludes halogenated alkanes) is 1. The Balaban J connectivity index is 1.01. The maximum absolute atomic E-state index is 12.5. The van der Waals surface area contributed by atoms with E-state index in [2.05, 4.69) is 46.2 Å². The summed E-state index contributed by atoms with van der Waals surface area (Å²) in [7, 11) is -13.7. The molecule has 0 aliphatic heterocycles. The summed E-state index contributed by atoms with van der Waals surface area (Å²) in [4.78, 5) is -1.16. The fraction of sp³-hybridized carbons (Fsp3) is 0.167. The van der Waals surface area contributed by atoms with Gasteiger partial charge in [0.1, 0.15) is 26.9 Å². The van der Waals surface area contributed by atoms with Crippen molar-refractivity contribution in [3.63, 3.8) is 0 Å². The van der Waals surface area contributed by atoms with Crippen molar-refractivity contribution in [3.05, 3.63) is 144 Å². The zero-order valence-corrected chi connectivity index (χ0v) is 40.8. The number of hydrogen-bond acceptors (Lipinski definition) is 17. The monoisotopic (exact) mass is 1020 g/mol. The molecule has 0 radical (unpaired) electrons. The van der Waals surface area contributed by atoms with Crippen molar-refractivity contribution < 1.29 is 48.8 Å². The highest BCUT2D eigenvalue weighted by atomic mass is 32.2. The predicted molar refractivity (Wildman–Crippen MR) is 268 cm³/mol. The lowest BCUT2D eigenvalue weighted by Crippen LogP contribution is -2.06. The summed E-state index contributed by atoms with van der Waals surface area (Å²) in [5, 5.41) is 49.3.